The first-order valence-corrected chi connectivity index (χ1v) is 10.1. The summed E-state index contributed by atoms with van der Waals surface area (Å²) in [5.41, 5.74) is 4.77. The second kappa shape index (κ2) is 6.76. The van der Waals surface area contributed by atoms with E-state index in [2.05, 4.69) is 10.0 Å². The van der Waals surface area contributed by atoms with E-state index in [1.54, 1.807) is 0 Å². The van der Waals surface area contributed by atoms with Gasteiger partial charge in [-0.2, -0.15) is 0 Å². The number of benzene rings is 1. The molecule has 0 spiro atoms. The van der Waals surface area contributed by atoms with Crippen LogP contribution < -0.4 is 15.8 Å². The van der Waals surface area contributed by atoms with Gasteiger partial charge in [-0.15, -0.1) is 0 Å². The Morgan fingerprint density at radius 3 is 2.12 bits per heavy atom. The molecular weight excluding hydrogens is 342 g/mol. The highest BCUT2D eigenvalue weighted by molar-refractivity contribution is 7.89. The minimum absolute atomic E-state index is 0.00534. The molecule has 3 rings (SSSR count). The molecule has 0 atom stereocenters. The predicted octanol–water partition coefficient (Wildman–Crippen LogP) is 1.05. The molecule has 0 aliphatic heterocycles. The van der Waals surface area contributed by atoms with Crippen molar-refractivity contribution in [3.63, 3.8) is 0 Å². The lowest BCUT2D eigenvalue weighted by atomic mass is 9.94. The second-order valence-corrected chi connectivity index (χ2v) is 8.60. The van der Waals surface area contributed by atoms with Crippen LogP contribution in [0.25, 0.3) is 0 Å². The molecule has 1 aromatic carbocycles. The van der Waals surface area contributed by atoms with Crippen molar-refractivity contribution in [3.05, 3.63) is 29.8 Å². The van der Waals surface area contributed by atoms with Crippen molar-refractivity contribution in [3.8, 4) is 0 Å². The van der Waals surface area contributed by atoms with Crippen molar-refractivity contribution in [2.75, 3.05) is 0 Å². The molecule has 7 nitrogen and oxygen atoms in total. The van der Waals surface area contributed by atoms with Crippen LogP contribution in [0.15, 0.2) is 29.2 Å². The third-order valence-corrected chi connectivity index (χ3v) is 6.67. The van der Waals surface area contributed by atoms with Crippen LogP contribution in [0.1, 0.15) is 55.3 Å². The summed E-state index contributed by atoms with van der Waals surface area (Å²) in [4.78, 5) is 24.3. The molecule has 1 aromatic rings. The normalized spacial score (nSPS) is 20.0. The number of amides is 2. The third-order valence-electron chi connectivity index (χ3n) is 5.14. The summed E-state index contributed by atoms with van der Waals surface area (Å²) in [5, 5.41) is 2.74. The molecule has 0 heterocycles. The maximum Gasteiger partial charge on any atom is 0.252 e. The van der Waals surface area contributed by atoms with E-state index in [1.165, 1.54) is 24.3 Å². The van der Waals surface area contributed by atoms with Crippen molar-refractivity contribution in [1.29, 1.82) is 0 Å². The van der Waals surface area contributed by atoms with E-state index >= 15 is 0 Å². The molecule has 0 unspecified atom stereocenters. The van der Waals surface area contributed by atoms with E-state index in [4.69, 9.17) is 5.73 Å². The Hall–Kier alpha value is -1.93. The summed E-state index contributed by atoms with van der Waals surface area (Å²) in [6, 6.07) is 5.72. The minimum atomic E-state index is -3.57. The number of carbonyl (C=O) groups excluding carboxylic acids is 2. The maximum atomic E-state index is 12.4. The number of rotatable bonds is 6. The van der Waals surface area contributed by atoms with Crippen molar-refractivity contribution in [2.45, 2.75) is 61.4 Å². The van der Waals surface area contributed by atoms with Gasteiger partial charge in [0.1, 0.15) is 5.54 Å². The van der Waals surface area contributed by atoms with Gasteiger partial charge in [-0.05, 0) is 49.9 Å². The molecule has 25 heavy (non-hydrogen) atoms. The zero-order chi connectivity index (χ0) is 18.1. The van der Waals surface area contributed by atoms with Gasteiger partial charge in [0, 0.05) is 11.6 Å². The van der Waals surface area contributed by atoms with Crippen LogP contribution in [0.2, 0.25) is 0 Å². The summed E-state index contributed by atoms with van der Waals surface area (Å²) < 4.78 is 27.2. The SMILES string of the molecule is NC(=O)C1(NC(=O)c2ccc(S(=O)(=O)NC3CCC3)cc2)CCCC1. The molecule has 2 aliphatic rings. The van der Waals surface area contributed by atoms with Gasteiger partial charge < -0.3 is 11.1 Å². The summed E-state index contributed by atoms with van der Waals surface area (Å²) in [6.07, 6.45) is 5.50. The van der Waals surface area contributed by atoms with Gasteiger partial charge in [0.15, 0.2) is 0 Å². The molecule has 0 radical (unpaired) electrons. The van der Waals surface area contributed by atoms with Crippen molar-refractivity contribution >= 4 is 21.8 Å². The van der Waals surface area contributed by atoms with Crippen molar-refractivity contribution in [2.24, 2.45) is 5.73 Å². The number of sulfonamides is 1. The first-order valence-electron chi connectivity index (χ1n) is 8.57. The summed E-state index contributed by atoms with van der Waals surface area (Å²) >= 11 is 0. The maximum absolute atomic E-state index is 12.4. The minimum Gasteiger partial charge on any atom is -0.368 e. The van der Waals surface area contributed by atoms with E-state index in [0.29, 0.717) is 18.4 Å². The molecule has 136 valence electrons. The van der Waals surface area contributed by atoms with Crippen LogP contribution in [0.5, 0.6) is 0 Å². The van der Waals surface area contributed by atoms with E-state index in [9.17, 15) is 18.0 Å². The van der Waals surface area contributed by atoms with Gasteiger partial charge in [-0.1, -0.05) is 19.3 Å². The molecule has 2 saturated carbocycles. The average molecular weight is 365 g/mol. The Morgan fingerprint density at radius 1 is 1.04 bits per heavy atom. The lowest BCUT2D eigenvalue weighted by Crippen LogP contribution is -2.55. The average Bonchev–Trinajstić information content (AvgIpc) is 3.01. The summed E-state index contributed by atoms with van der Waals surface area (Å²) in [7, 11) is -3.57. The quantitative estimate of drug-likeness (QED) is 0.698. The highest BCUT2D eigenvalue weighted by Crippen LogP contribution is 2.29. The Bertz CT molecular complexity index is 764. The molecule has 2 aliphatic carbocycles. The molecule has 0 aromatic heterocycles. The highest BCUT2D eigenvalue weighted by Gasteiger charge is 2.41. The molecule has 2 fully saturated rings. The monoisotopic (exact) mass is 365 g/mol. The van der Waals surface area contributed by atoms with Crippen LogP contribution in [0, 0.1) is 0 Å². The number of carbonyl (C=O) groups is 2. The zero-order valence-electron chi connectivity index (χ0n) is 14.0. The predicted molar refractivity (Wildman–Crippen MR) is 92.3 cm³/mol. The topological polar surface area (TPSA) is 118 Å². The molecular formula is C17H23N3O4S. The van der Waals surface area contributed by atoms with Crippen LogP contribution in [-0.2, 0) is 14.8 Å². The fourth-order valence-corrected chi connectivity index (χ4v) is 4.61. The smallest absolute Gasteiger partial charge is 0.252 e. The Balaban J connectivity index is 1.71. The Kier molecular flexibility index (Phi) is 4.83. The largest absolute Gasteiger partial charge is 0.368 e. The Labute approximate surface area is 147 Å². The molecule has 2 amide bonds. The van der Waals surface area contributed by atoms with Gasteiger partial charge in [-0.3, -0.25) is 9.59 Å². The third kappa shape index (κ3) is 3.69. The van der Waals surface area contributed by atoms with Gasteiger partial charge in [0.05, 0.1) is 4.90 Å². The van der Waals surface area contributed by atoms with E-state index < -0.39 is 27.4 Å². The Morgan fingerprint density at radius 2 is 1.64 bits per heavy atom. The van der Waals surface area contributed by atoms with Crippen LogP contribution in [-0.4, -0.2) is 31.8 Å². The van der Waals surface area contributed by atoms with Crippen LogP contribution >= 0.6 is 0 Å². The van der Waals surface area contributed by atoms with E-state index in [0.717, 1.165) is 32.1 Å². The van der Waals surface area contributed by atoms with Gasteiger partial charge in [-0.25, -0.2) is 13.1 Å². The number of primary amides is 1. The molecule has 4 N–H and O–H groups in total. The number of nitrogens with one attached hydrogen (secondary N) is 2. The van der Waals surface area contributed by atoms with E-state index in [-0.39, 0.29) is 10.9 Å². The number of hydrogen-bond acceptors (Lipinski definition) is 4. The number of nitrogens with two attached hydrogens (primary N) is 1. The van der Waals surface area contributed by atoms with Crippen molar-refractivity contribution in [1.82, 2.24) is 10.0 Å². The first-order chi connectivity index (χ1) is 11.8. The lowest BCUT2D eigenvalue weighted by Gasteiger charge is -2.27. The molecule has 0 saturated heterocycles. The lowest BCUT2D eigenvalue weighted by molar-refractivity contribution is -0.123. The number of hydrogen-bond donors (Lipinski definition) is 3. The summed E-state index contributed by atoms with van der Waals surface area (Å²) in [6.45, 7) is 0. The highest BCUT2D eigenvalue weighted by atomic mass is 32.2. The fraction of sp³-hybridized carbons (Fsp3) is 0.529. The van der Waals surface area contributed by atoms with Crippen LogP contribution in [0.4, 0.5) is 0 Å². The van der Waals surface area contributed by atoms with Crippen molar-refractivity contribution < 1.29 is 18.0 Å². The zero-order valence-corrected chi connectivity index (χ0v) is 14.8. The molecule has 8 heteroatoms. The van der Waals surface area contributed by atoms with Gasteiger partial charge in [0.2, 0.25) is 15.9 Å². The van der Waals surface area contributed by atoms with Gasteiger partial charge in [0.25, 0.3) is 5.91 Å². The van der Waals surface area contributed by atoms with E-state index in [1.807, 2.05) is 0 Å². The molecule has 0 bridgehead atoms. The fourth-order valence-electron chi connectivity index (χ4n) is 3.30. The summed E-state index contributed by atoms with van der Waals surface area (Å²) in [5.74, 6) is -0.946. The standard InChI is InChI=1S/C17H23N3O4S/c18-16(22)17(10-1-2-11-17)19-15(21)12-6-8-14(9-7-12)25(23,24)20-13-4-3-5-13/h6-9,13,20H,1-5,10-11H2,(H2,18,22)(H,19,21). The second-order valence-electron chi connectivity index (χ2n) is 6.88. The van der Waals surface area contributed by atoms with Crippen LogP contribution in [0.3, 0.4) is 0 Å². The first kappa shape index (κ1) is 17.9. The van der Waals surface area contributed by atoms with Gasteiger partial charge >= 0.3 is 0 Å².